The number of hydrogen-bond donors (Lipinski definition) is 2. The van der Waals surface area contributed by atoms with Gasteiger partial charge in [0.05, 0.1) is 5.01 Å². The van der Waals surface area contributed by atoms with E-state index in [9.17, 15) is 14.4 Å². The molecule has 1 atom stereocenters. The van der Waals surface area contributed by atoms with Crippen LogP contribution in [0.4, 0.5) is 0 Å². The topological polar surface area (TPSA) is 97.9 Å². The van der Waals surface area contributed by atoms with Crippen molar-refractivity contribution in [3.63, 3.8) is 0 Å². The molecule has 2 aliphatic heterocycles. The number of aromatic nitrogens is 1. The minimum atomic E-state index is -0.409. The Labute approximate surface area is 206 Å². The van der Waals surface area contributed by atoms with Gasteiger partial charge in [0, 0.05) is 49.9 Å². The van der Waals surface area contributed by atoms with E-state index in [4.69, 9.17) is 0 Å². The van der Waals surface area contributed by atoms with Crippen molar-refractivity contribution in [2.75, 3.05) is 46.8 Å². The number of carbonyl (C=O) groups excluding carboxylic acids is 3. The van der Waals surface area contributed by atoms with Crippen LogP contribution in [0.5, 0.6) is 0 Å². The van der Waals surface area contributed by atoms with Gasteiger partial charge in [-0.05, 0) is 37.8 Å². The summed E-state index contributed by atoms with van der Waals surface area (Å²) in [6.45, 7) is 12.5. The van der Waals surface area contributed by atoms with Gasteiger partial charge >= 0.3 is 0 Å². The molecule has 3 heterocycles. The number of carbonyl (C=O) groups is 3. The molecule has 1 aromatic heterocycles. The van der Waals surface area contributed by atoms with Crippen molar-refractivity contribution in [1.29, 1.82) is 0 Å². The Bertz CT molecular complexity index is 938. The van der Waals surface area contributed by atoms with Crippen LogP contribution in [0.1, 0.15) is 62.0 Å². The highest BCUT2D eigenvalue weighted by molar-refractivity contribution is 7.09. The molecule has 3 aliphatic rings. The summed E-state index contributed by atoms with van der Waals surface area (Å²) in [4.78, 5) is 48.8. The highest BCUT2D eigenvalue weighted by Crippen LogP contribution is 2.68. The number of nitrogens with one attached hydrogen (secondary N) is 2. The molecule has 0 radical (unpaired) electrons. The Hall–Kier alpha value is -2.04. The van der Waals surface area contributed by atoms with Crippen LogP contribution in [0, 0.1) is 16.7 Å². The zero-order chi connectivity index (χ0) is 24.8. The number of thiazole rings is 1. The molecule has 4 rings (SSSR count). The fourth-order valence-electron chi connectivity index (χ4n) is 5.48. The first-order chi connectivity index (χ1) is 15.9. The third kappa shape index (κ3) is 4.59. The average Bonchev–Trinajstić information content (AvgIpc) is 3.13. The van der Waals surface area contributed by atoms with Crippen molar-refractivity contribution in [2.24, 2.45) is 16.7 Å². The number of piperazine rings is 1. The molecule has 1 aliphatic carbocycles. The summed E-state index contributed by atoms with van der Waals surface area (Å²) in [5.74, 6) is -0.0175. The molecule has 0 bridgehead atoms. The third-order valence-electron chi connectivity index (χ3n) is 8.63. The number of rotatable bonds is 4. The number of nitrogens with zero attached hydrogens (tertiary/aromatic N) is 4. The summed E-state index contributed by atoms with van der Waals surface area (Å²) in [6.07, 6.45) is 1.71. The molecular weight excluding hydrogens is 452 g/mol. The van der Waals surface area contributed by atoms with Crippen molar-refractivity contribution in [3.8, 4) is 0 Å². The van der Waals surface area contributed by atoms with Gasteiger partial charge in [0.15, 0.2) is 0 Å². The van der Waals surface area contributed by atoms with Crippen molar-refractivity contribution in [1.82, 2.24) is 30.5 Å². The van der Waals surface area contributed by atoms with E-state index in [2.05, 4.69) is 48.4 Å². The summed E-state index contributed by atoms with van der Waals surface area (Å²) in [7, 11) is 3.90. The summed E-state index contributed by atoms with van der Waals surface area (Å²) in [5, 5.41) is 2.66. The molecule has 34 heavy (non-hydrogen) atoms. The van der Waals surface area contributed by atoms with E-state index in [-0.39, 0.29) is 40.5 Å². The Balaban J connectivity index is 1.26. The van der Waals surface area contributed by atoms with E-state index in [1.807, 2.05) is 23.9 Å². The van der Waals surface area contributed by atoms with E-state index >= 15 is 0 Å². The Morgan fingerprint density at radius 3 is 2.26 bits per heavy atom. The predicted octanol–water partition coefficient (Wildman–Crippen LogP) is 1.54. The lowest BCUT2D eigenvalue weighted by molar-refractivity contribution is -0.135. The molecule has 3 amide bonds. The van der Waals surface area contributed by atoms with Crippen LogP contribution in [0.25, 0.3) is 0 Å². The molecule has 0 aromatic carbocycles. The van der Waals surface area contributed by atoms with Gasteiger partial charge in [0.2, 0.25) is 5.91 Å². The molecule has 188 valence electrons. The summed E-state index contributed by atoms with van der Waals surface area (Å²) >= 11 is 1.47. The van der Waals surface area contributed by atoms with Crippen molar-refractivity contribution >= 4 is 29.1 Å². The smallest absolute Gasteiger partial charge is 0.289 e. The Morgan fingerprint density at radius 2 is 1.65 bits per heavy atom. The van der Waals surface area contributed by atoms with Crippen LogP contribution >= 0.6 is 11.3 Å². The van der Waals surface area contributed by atoms with Gasteiger partial charge in [0.1, 0.15) is 11.7 Å². The van der Waals surface area contributed by atoms with E-state index in [0.29, 0.717) is 12.2 Å². The van der Waals surface area contributed by atoms with Crippen LogP contribution in [-0.4, -0.2) is 90.3 Å². The summed E-state index contributed by atoms with van der Waals surface area (Å²) in [5.41, 5.74) is 5.48. The predicted molar refractivity (Wildman–Crippen MR) is 131 cm³/mol. The first-order valence-corrected chi connectivity index (χ1v) is 13.0. The van der Waals surface area contributed by atoms with Crippen LogP contribution in [-0.2, 0) is 9.59 Å². The molecule has 1 unspecified atom stereocenters. The maximum Gasteiger partial charge on any atom is 0.289 e. The molecule has 9 nitrogen and oxygen atoms in total. The van der Waals surface area contributed by atoms with Gasteiger partial charge in [-0.3, -0.25) is 30.1 Å². The van der Waals surface area contributed by atoms with E-state index < -0.39 is 5.91 Å². The number of hydrazine groups is 1. The number of hydrogen-bond acceptors (Lipinski definition) is 7. The Kier molecular flexibility index (Phi) is 6.78. The lowest BCUT2D eigenvalue weighted by Crippen LogP contribution is -2.59. The number of likely N-dealkylation sites (N-methyl/N-ethyl adjacent to an activating group) is 2. The number of likely N-dealkylation sites (tertiary alicyclic amines) is 1. The van der Waals surface area contributed by atoms with Crippen LogP contribution in [0.15, 0.2) is 5.38 Å². The van der Waals surface area contributed by atoms with Crippen LogP contribution in [0.3, 0.4) is 0 Å². The third-order valence-corrected chi connectivity index (χ3v) is 9.64. The van der Waals surface area contributed by atoms with E-state index in [0.717, 1.165) is 44.0 Å². The second-order valence-electron chi connectivity index (χ2n) is 11.2. The minimum Gasteiger partial charge on any atom is -0.342 e. The largest absolute Gasteiger partial charge is 0.342 e. The second-order valence-corrected chi connectivity index (χ2v) is 12.1. The van der Waals surface area contributed by atoms with Crippen LogP contribution < -0.4 is 10.9 Å². The van der Waals surface area contributed by atoms with Gasteiger partial charge in [-0.25, -0.2) is 4.98 Å². The van der Waals surface area contributed by atoms with E-state index in [1.54, 1.807) is 5.38 Å². The average molecular weight is 491 g/mol. The van der Waals surface area contributed by atoms with E-state index in [1.165, 1.54) is 11.3 Å². The highest BCUT2D eigenvalue weighted by Gasteiger charge is 2.68. The van der Waals surface area contributed by atoms with Crippen molar-refractivity contribution in [2.45, 2.75) is 52.5 Å². The maximum atomic E-state index is 13.0. The lowest BCUT2D eigenvalue weighted by atomic mass is 9.96. The molecule has 2 saturated heterocycles. The fourth-order valence-corrected chi connectivity index (χ4v) is 6.45. The zero-order valence-electron chi connectivity index (χ0n) is 21.2. The van der Waals surface area contributed by atoms with Gasteiger partial charge in [0.25, 0.3) is 11.8 Å². The standard InChI is InChI=1S/C24H38N6O3S/c1-23(2)18(24(23,3)4)22(33)30-9-7-15(8-10-30)21-25-16(14-34-21)19(31)26-27-20(32)17-13-28(5)11-12-29(17)6/h14-15,17-18H,7-13H2,1-6H3,(H,26,31)(H,27,32). The van der Waals surface area contributed by atoms with Crippen molar-refractivity contribution in [3.05, 3.63) is 16.1 Å². The van der Waals surface area contributed by atoms with Crippen molar-refractivity contribution < 1.29 is 14.4 Å². The zero-order valence-corrected chi connectivity index (χ0v) is 22.0. The molecular formula is C24H38N6O3S. The highest BCUT2D eigenvalue weighted by atomic mass is 32.1. The monoisotopic (exact) mass is 490 g/mol. The molecule has 0 spiro atoms. The maximum absolute atomic E-state index is 13.0. The molecule has 10 heteroatoms. The first kappa shape index (κ1) is 25.1. The normalized spacial score (nSPS) is 25.7. The quantitative estimate of drug-likeness (QED) is 0.622. The summed E-state index contributed by atoms with van der Waals surface area (Å²) < 4.78 is 0. The summed E-state index contributed by atoms with van der Waals surface area (Å²) in [6, 6.07) is -0.301. The number of amides is 3. The number of piperidine rings is 1. The Morgan fingerprint density at radius 1 is 1.00 bits per heavy atom. The van der Waals surface area contributed by atoms with Gasteiger partial charge in [-0.15, -0.1) is 11.3 Å². The second kappa shape index (κ2) is 9.20. The first-order valence-electron chi connectivity index (χ1n) is 12.2. The molecule has 3 fully saturated rings. The molecule has 2 N–H and O–H groups in total. The molecule has 1 aromatic rings. The lowest BCUT2D eigenvalue weighted by Gasteiger charge is -2.36. The fraction of sp³-hybridized carbons (Fsp3) is 0.750. The minimum absolute atomic E-state index is 0.0518. The SMILES string of the molecule is CN1CCN(C)C(C(=O)NNC(=O)c2csc(C3CCN(C(=O)C4C(C)(C)C4(C)C)CC3)n2)C1. The van der Waals surface area contributed by atoms with Gasteiger partial charge < -0.3 is 9.80 Å². The van der Waals surface area contributed by atoms with Gasteiger partial charge in [-0.2, -0.15) is 0 Å². The van der Waals surface area contributed by atoms with Crippen LogP contribution in [0.2, 0.25) is 0 Å². The molecule has 1 saturated carbocycles. The van der Waals surface area contributed by atoms with Gasteiger partial charge in [-0.1, -0.05) is 27.7 Å².